The van der Waals surface area contributed by atoms with Gasteiger partial charge in [-0.3, -0.25) is 4.79 Å². The van der Waals surface area contributed by atoms with Gasteiger partial charge in [-0.2, -0.15) is 5.26 Å². The van der Waals surface area contributed by atoms with Gasteiger partial charge in [-0.1, -0.05) is 34.1 Å². The molecule has 0 aliphatic carbocycles. The molecule has 3 rings (SSSR count). The van der Waals surface area contributed by atoms with Gasteiger partial charge in [-0.15, -0.1) is 11.3 Å². The van der Waals surface area contributed by atoms with Gasteiger partial charge in [0.25, 0.3) is 0 Å². The monoisotopic (exact) mass is 454 g/mol. The van der Waals surface area contributed by atoms with E-state index >= 15 is 0 Å². The van der Waals surface area contributed by atoms with Crippen LogP contribution in [0.4, 0.5) is 0 Å². The molecule has 28 heavy (non-hydrogen) atoms. The molecule has 0 saturated heterocycles. The molecule has 140 valence electrons. The minimum absolute atomic E-state index is 0.330. The molecule has 7 heteroatoms. The van der Waals surface area contributed by atoms with Gasteiger partial charge in [0.15, 0.2) is 11.5 Å². The Morgan fingerprint density at radius 1 is 1.25 bits per heavy atom. The van der Waals surface area contributed by atoms with Crippen LogP contribution in [0.5, 0.6) is 11.5 Å². The van der Waals surface area contributed by atoms with Gasteiger partial charge < -0.3 is 9.47 Å². The minimum atomic E-state index is -0.429. The van der Waals surface area contributed by atoms with Crippen LogP contribution >= 0.6 is 27.3 Å². The Kier molecular flexibility index (Phi) is 6.24. The third-order valence-electron chi connectivity index (χ3n) is 3.73. The number of thiazole rings is 1. The van der Waals surface area contributed by atoms with Crippen molar-refractivity contribution in [1.29, 1.82) is 5.26 Å². The lowest BCUT2D eigenvalue weighted by Gasteiger charge is -2.08. The van der Waals surface area contributed by atoms with Crippen molar-refractivity contribution in [2.24, 2.45) is 0 Å². The fourth-order valence-corrected chi connectivity index (χ4v) is 3.69. The van der Waals surface area contributed by atoms with Gasteiger partial charge >= 0.3 is 5.97 Å². The number of benzene rings is 2. The summed E-state index contributed by atoms with van der Waals surface area (Å²) >= 11 is 4.86. The van der Waals surface area contributed by atoms with Crippen molar-refractivity contribution in [3.63, 3.8) is 0 Å². The normalized spacial score (nSPS) is 11.0. The van der Waals surface area contributed by atoms with E-state index < -0.39 is 5.97 Å². The highest BCUT2D eigenvalue weighted by Gasteiger charge is 2.11. The summed E-state index contributed by atoms with van der Waals surface area (Å²) < 4.78 is 11.3. The van der Waals surface area contributed by atoms with E-state index in [4.69, 9.17) is 9.47 Å². The van der Waals surface area contributed by atoms with Crippen LogP contribution in [0.2, 0.25) is 0 Å². The molecule has 3 aromatic rings. The average Bonchev–Trinajstić information content (AvgIpc) is 3.16. The Bertz CT molecular complexity index is 1100. The SMILES string of the molecule is COc1cc(/C=C(\C#N)c2nc(-c3cccc(Br)c3)cs2)ccc1OC(C)=O. The van der Waals surface area contributed by atoms with Crippen molar-refractivity contribution < 1.29 is 14.3 Å². The first-order chi connectivity index (χ1) is 13.5. The highest BCUT2D eigenvalue weighted by molar-refractivity contribution is 9.10. The van der Waals surface area contributed by atoms with E-state index in [0.717, 1.165) is 21.3 Å². The molecule has 0 unspecified atom stereocenters. The number of esters is 1. The Labute approximate surface area is 175 Å². The molecule has 0 bridgehead atoms. The smallest absolute Gasteiger partial charge is 0.308 e. The number of nitriles is 1. The number of nitrogens with zero attached hydrogens (tertiary/aromatic N) is 2. The number of allylic oxidation sites excluding steroid dienone is 1. The third kappa shape index (κ3) is 4.66. The summed E-state index contributed by atoms with van der Waals surface area (Å²) in [7, 11) is 1.49. The largest absolute Gasteiger partial charge is 0.493 e. The second-order valence-electron chi connectivity index (χ2n) is 5.72. The fourth-order valence-electron chi connectivity index (χ4n) is 2.50. The predicted octanol–water partition coefficient (Wildman–Crippen LogP) is 5.57. The summed E-state index contributed by atoms with van der Waals surface area (Å²) in [5, 5.41) is 12.2. The van der Waals surface area contributed by atoms with Gasteiger partial charge in [0.05, 0.1) is 18.4 Å². The number of ether oxygens (including phenoxy) is 2. The molecular weight excluding hydrogens is 440 g/mol. The van der Waals surface area contributed by atoms with E-state index in [2.05, 4.69) is 27.0 Å². The lowest BCUT2D eigenvalue weighted by atomic mass is 10.1. The van der Waals surface area contributed by atoms with Crippen LogP contribution in [0.1, 0.15) is 17.5 Å². The van der Waals surface area contributed by atoms with Crippen LogP contribution in [0.15, 0.2) is 52.3 Å². The Balaban J connectivity index is 1.93. The van der Waals surface area contributed by atoms with E-state index in [0.29, 0.717) is 22.1 Å². The summed E-state index contributed by atoms with van der Waals surface area (Å²) in [5.74, 6) is 0.314. The molecule has 0 saturated carbocycles. The van der Waals surface area contributed by atoms with Crippen molar-refractivity contribution in [2.75, 3.05) is 7.11 Å². The van der Waals surface area contributed by atoms with Gasteiger partial charge in [0.1, 0.15) is 11.1 Å². The number of hydrogen-bond donors (Lipinski definition) is 0. The van der Waals surface area contributed by atoms with Crippen molar-refractivity contribution in [3.05, 3.63) is 62.9 Å². The Morgan fingerprint density at radius 3 is 2.75 bits per heavy atom. The van der Waals surface area contributed by atoms with Crippen LogP contribution in [0, 0.1) is 11.3 Å². The second kappa shape index (κ2) is 8.83. The molecule has 2 aromatic carbocycles. The highest BCUT2D eigenvalue weighted by Crippen LogP contribution is 2.32. The predicted molar refractivity (Wildman–Crippen MR) is 113 cm³/mol. The molecule has 0 N–H and O–H groups in total. The van der Waals surface area contributed by atoms with Crippen LogP contribution in [-0.2, 0) is 4.79 Å². The molecule has 0 fully saturated rings. The highest BCUT2D eigenvalue weighted by atomic mass is 79.9. The van der Waals surface area contributed by atoms with Crippen molar-refractivity contribution in [2.45, 2.75) is 6.92 Å². The zero-order chi connectivity index (χ0) is 20.1. The quantitative estimate of drug-likeness (QED) is 0.286. The Morgan fingerprint density at radius 2 is 2.07 bits per heavy atom. The minimum Gasteiger partial charge on any atom is -0.493 e. The van der Waals surface area contributed by atoms with E-state index in [9.17, 15) is 10.1 Å². The first kappa shape index (κ1) is 19.8. The van der Waals surface area contributed by atoms with E-state index in [1.54, 1.807) is 24.3 Å². The van der Waals surface area contributed by atoms with Gasteiger partial charge in [0.2, 0.25) is 0 Å². The summed E-state index contributed by atoms with van der Waals surface area (Å²) in [6.07, 6.45) is 1.73. The van der Waals surface area contributed by atoms with Gasteiger partial charge in [-0.25, -0.2) is 4.98 Å². The van der Waals surface area contributed by atoms with Gasteiger partial charge in [0, 0.05) is 22.3 Å². The molecule has 1 aromatic heterocycles. The summed E-state index contributed by atoms with van der Waals surface area (Å²) in [5.41, 5.74) is 2.96. The molecule has 1 heterocycles. The number of hydrogen-bond acceptors (Lipinski definition) is 6. The lowest BCUT2D eigenvalue weighted by molar-refractivity contribution is -0.132. The van der Waals surface area contributed by atoms with Crippen molar-refractivity contribution in [1.82, 2.24) is 4.98 Å². The van der Waals surface area contributed by atoms with E-state index in [1.165, 1.54) is 25.4 Å². The third-order valence-corrected chi connectivity index (χ3v) is 5.10. The number of methoxy groups -OCH3 is 1. The molecule has 0 amide bonds. The molecule has 0 aliphatic heterocycles. The number of carbonyl (C=O) groups excluding carboxylic acids is 1. The summed E-state index contributed by atoms with van der Waals surface area (Å²) in [6, 6.07) is 15.1. The first-order valence-corrected chi connectivity index (χ1v) is 9.87. The van der Waals surface area contributed by atoms with Crippen molar-refractivity contribution >= 4 is 44.9 Å². The first-order valence-electron chi connectivity index (χ1n) is 8.20. The maximum atomic E-state index is 11.2. The van der Waals surface area contributed by atoms with Crippen LogP contribution in [-0.4, -0.2) is 18.1 Å². The summed E-state index contributed by atoms with van der Waals surface area (Å²) in [4.78, 5) is 15.8. The number of aromatic nitrogens is 1. The van der Waals surface area contributed by atoms with Crippen LogP contribution < -0.4 is 9.47 Å². The number of rotatable bonds is 5. The number of halogens is 1. The standard InChI is InChI=1S/C21H15BrN2O3S/c1-13(25)27-19-7-6-14(9-20(19)26-2)8-16(11-23)21-24-18(12-28-21)15-4-3-5-17(22)10-15/h3-10,12H,1-2H3/b16-8+. The second-order valence-corrected chi connectivity index (χ2v) is 7.50. The topological polar surface area (TPSA) is 72.2 Å². The van der Waals surface area contributed by atoms with Crippen LogP contribution in [0.25, 0.3) is 22.9 Å². The number of carbonyl (C=O) groups is 1. The van der Waals surface area contributed by atoms with E-state index in [1.807, 2.05) is 29.6 Å². The molecule has 0 aliphatic rings. The molecular formula is C21H15BrN2O3S. The fraction of sp³-hybridized carbons (Fsp3) is 0.0952. The maximum Gasteiger partial charge on any atom is 0.308 e. The zero-order valence-corrected chi connectivity index (χ0v) is 17.5. The summed E-state index contributed by atoms with van der Waals surface area (Å²) in [6.45, 7) is 1.33. The van der Waals surface area contributed by atoms with Crippen molar-refractivity contribution in [3.8, 4) is 28.8 Å². The molecule has 0 atom stereocenters. The van der Waals surface area contributed by atoms with Gasteiger partial charge in [-0.05, 0) is 35.9 Å². The maximum absolute atomic E-state index is 11.2. The molecule has 5 nitrogen and oxygen atoms in total. The van der Waals surface area contributed by atoms with Crippen LogP contribution in [0.3, 0.4) is 0 Å². The average molecular weight is 455 g/mol. The lowest BCUT2D eigenvalue weighted by Crippen LogP contribution is -2.03. The molecule has 0 spiro atoms. The molecule has 0 radical (unpaired) electrons. The Hall–Kier alpha value is -2.95. The zero-order valence-electron chi connectivity index (χ0n) is 15.1. The van der Waals surface area contributed by atoms with E-state index in [-0.39, 0.29) is 0 Å².